The van der Waals surface area contributed by atoms with E-state index < -0.39 is 0 Å². The van der Waals surface area contributed by atoms with Crippen molar-refractivity contribution >= 4 is 17.3 Å². The maximum Gasteiger partial charge on any atom is 0.295 e. The van der Waals surface area contributed by atoms with Crippen molar-refractivity contribution in [3.63, 3.8) is 0 Å². The Morgan fingerprint density at radius 2 is 1.76 bits per heavy atom. The summed E-state index contributed by atoms with van der Waals surface area (Å²) in [6.07, 6.45) is 0. The molecule has 0 radical (unpaired) electrons. The van der Waals surface area contributed by atoms with Gasteiger partial charge in [0.15, 0.2) is 0 Å². The molecule has 1 saturated heterocycles. The molecule has 1 aromatic heterocycles. The van der Waals surface area contributed by atoms with Gasteiger partial charge in [0.05, 0.1) is 17.2 Å². The largest absolute Gasteiger partial charge is 0.494 e. The van der Waals surface area contributed by atoms with Crippen LogP contribution in [0.5, 0.6) is 5.75 Å². The molecule has 0 spiro atoms. The van der Waals surface area contributed by atoms with Crippen molar-refractivity contribution in [3.8, 4) is 11.4 Å². The number of aromatic nitrogens is 2. The van der Waals surface area contributed by atoms with Crippen LogP contribution in [0.15, 0.2) is 48.5 Å². The van der Waals surface area contributed by atoms with Gasteiger partial charge in [0, 0.05) is 49.2 Å². The number of hydrogen-bond donors (Lipinski definition) is 0. The zero-order chi connectivity index (χ0) is 23.5. The van der Waals surface area contributed by atoms with Crippen molar-refractivity contribution in [2.24, 2.45) is 0 Å². The molecular weight excluding hydrogens is 422 g/mol. The molecule has 33 heavy (non-hydrogen) atoms. The first-order valence-corrected chi connectivity index (χ1v) is 11.0. The van der Waals surface area contributed by atoms with Crippen molar-refractivity contribution < 1.29 is 14.5 Å². The molecule has 0 N–H and O–H groups in total. The number of ether oxygens (including phenoxy) is 1. The summed E-state index contributed by atoms with van der Waals surface area (Å²) in [4.78, 5) is 28.1. The van der Waals surface area contributed by atoms with Gasteiger partial charge in [0.1, 0.15) is 11.4 Å². The minimum Gasteiger partial charge on any atom is -0.494 e. The number of amides is 1. The van der Waals surface area contributed by atoms with Gasteiger partial charge in [-0.1, -0.05) is 0 Å². The molecule has 0 saturated carbocycles. The molecule has 2 aromatic carbocycles. The second-order valence-electron chi connectivity index (χ2n) is 8.01. The third kappa shape index (κ3) is 4.67. The Morgan fingerprint density at radius 3 is 2.33 bits per heavy atom. The molecule has 9 heteroatoms. The van der Waals surface area contributed by atoms with E-state index in [0.29, 0.717) is 44.0 Å². The van der Waals surface area contributed by atoms with Gasteiger partial charge in [-0.25, -0.2) is 4.68 Å². The van der Waals surface area contributed by atoms with E-state index in [2.05, 4.69) is 10.00 Å². The number of nitro benzene ring substituents is 1. The Bertz CT molecular complexity index is 1160. The van der Waals surface area contributed by atoms with Crippen LogP contribution in [-0.4, -0.2) is 58.3 Å². The predicted molar refractivity (Wildman–Crippen MR) is 125 cm³/mol. The molecule has 0 unspecified atom stereocenters. The number of benzene rings is 2. The summed E-state index contributed by atoms with van der Waals surface area (Å²) in [6, 6.07) is 14.2. The van der Waals surface area contributed by atoms with Crippen LogP contribution >= 0.6 is 0 Å². The highest BCUT2D eigenvalue weighted by atomic mass is 16.6. The third-order valence-corrected chi connectivity index (χ3v) is 5.74. The first-order valence-electron chi connectivity index (χ1n) is 11.0. The van der Waals surface area contributed by atoms with Crippen LogP contribution in [0, 0.1) is 24.0 Å². The fourth-order valence-corrected chi connectivity index (χ4v) is 4.12. The lowest BCUT2D eigenvalue weighted by Crippen LogP contribution is -2.48. The van der Waals surface area contributed by atoms with Gasteiger partial charge in [0.25, 0.3) is 11.6 Å². The molecule has 172 valence electrons. The van der Waals surface area contributed by atoms with Crippen LogP contribution in [-0.2, 0) is 0 Å². The molecule has 0 bridgehead atoms. The fourth-order valence-electron chi connectivity index (χ4n) is 4.12. The SMILES string of the molecule is CCOc1ccc(C(=O)N2CCN(c3ccc([N+](=O)[O-])c(-n4nc(C)cc4C)c3)CC2)cc1. The van der Waals surface area contributed by atoms with Crippen LogP contribution in [0.25, 0.3) is 5.69 Å². The third-order valence-electron chi connectivity index (χ3n) is 5.74. The Balaban J connectivity index is 1.49. The molecule has 1 aliphatic heterocycles. The standard InChI is InChI=1S/C24H27N5O4/c1-4-33-21-8-5-19(6-9-21)24(30)27-13-11-26(12-14-27)20-7-10-22(29(31)32)23(16-20)28-18(3)15-17(2)25-28/h5-10,15-16H,4,11-14H2,1-3H3. The number of piperazine rings is 1. The number of carbonyl (C=O) groups excluding carboxylic acids is 1. The smallest absolute Gasteiger partial charge is 0.295 e. The summed E-state index contributed by atoms with van der Waals surface area (Å²) in [5, 5.41) is 16.0. The van der Waals surface area contributed by atoms with Gasteiger partial charge in [-0.15, -0.1) is 0 Å². The molecule has 3 aromatic rings. The first kappa shape index (κ1) is 22.3. The minimum absolute atomic E-state index is 0.00858. The summed E-state index contributed by atoms with van der Waals surface area (Å²) in [7, 11) is 0. The molecule has 1 aliphatic rings. The van der Waals surface area contributed by atoms with Crippen molar-refractivity contribution in [2.45, 2.75) is 20.8 Å². The van der Waals surface area contributed by atoms with E-state index in [4.69, 9.17) is 4.74 Å². The predicted octanol–water partition coefficient (Wildman–Crippen LogP) is 3.76. The first-order chi connectivity index (χ1) is 15.9. The number of aryl methyl sites for hydroxylation is 2. The molecule has 0 atom stereocenters. The lowest BCUT2D eigenvalue weighted by atomic mass is 10.1. The van der Waals surface area contributed by atoms with Gasteiger partial charge < -0.3 is 14.5 Å². The van der Waals surface area contributed by atoms with E-state index in [1.165, 1.54) is 6.07 Å². The number of nitro groups is 1. The van der Waals surface area contributed by atoms with Gasteiger partial charge >= 0.3 is 0 Å². The monoisotopic (exact) mass is 449 g/mol. The molecule has 1 fully saturated rings. The van der Waals surface area contributed by atoms with Crippen LogP contribution in [0.4, 0.5) is 11.4 Å². The molecular formula is C24H27N5O4. The highest BCUT2D eigenvalue weighted by molar-refractivity contribution is 5.94. The molecule has 2 heterocycles. The Labute approximate surface area is 192 Å². The minimum atomic E-state index is -0.386. The van der Waals surface area contributed by atoms with E-state index in [-0.39, 0.29) is 16.5 Å². The van der Waals surface area contributed by atoms with Crippen LogP contribution < -0.4 is 9.64 Å². The average molecular weight is 450 g/mol. The van der Waals surface area contributed by atoms with Crippen molar-refractivity contribution in [2.75, 3.05) is 37.7 Å². The van der Waals surface area contributed by atoms with Crippen LogP contribution in [0.3, 0.4) is 0 Å². The van der Waals surface area contributed by atoms with Crippen molar-refractivity contribution in [3.05, 3.63) is 75.6 Å². The van der Waals surface area contributed by atoms with E-state index in [1.54, 1.807) is 22.9 Å². The van der Waals surface area contributed by atoms with Crippen molar-refractivity contribution in [1.82, 2.24) is 14.7 Å². The molecule has 4 rings (SSSR count). The number of nitrogens with zero attached hydrogens (tertiary/aromatic N) is 5. The number of anilines is 1. The Kier molecular flexibility index (Phi) is 6.30. The topological polar surface area (TPSA) is 93.7 Å². The second kappa shape index (κ2) is 9.32. The maximum absolute atomic E-state index is 12.9. The summed E-state index contributed by atoms with van der Waals surface area (Å²) in [5.41, 5.74) is 3.59. The van der Waals surface area contributed by atoms with Crippen LogP contribution in [0.2, 0.25) is 0 Å². The van der Waals surface area contributed by atoms with Gasteiger partial charge in [-0.05, 0) is 63.2 Å². The second-order valence-corrected chi connectivity index (χ2v) is 8.01. The Hall–Kier alpha value is -3.88. The summed E-state index contributed by atoms with van der Waals surface area (Å²) < 4.78 is 7.06. The van der Waals surface area contributed by atoms with E-state index in [9.17, 15) is 14.9 Å². The van der Waals surface area contributed by atoms with E-state index >= 15 is 0 Å². The normalized spacial score (nSPS) is 13.8. The van der Waals surface area contributed by atoms with Gasteiger partial charge in [-0.2, -0.15) is 5.10 Å². The summed E-state index contributed by atoms with van der Waals surface area (Å²) >= 11 is 0. The number of hydrogen-bond acceptors (Lipinski definition) is 6. The Morgan fingerprint density at radius 1 is 1.06 bits per heavy atom. The van der Waals surface area contributed by atoms with E-state index in [1.807, 2.05) is 49.9 Å². The van der Waals surface area contributed by atoms with Crippen molar-refractivity contribution in [1.29, 1.82) is 0 Å². The van der Waals surface area contributed by atoms with Gasteiger partial charge in [-0.3, -0.25) is 14.9 Å². The highest BCUT2D eigenvalue weighted by Gasteiger charge is 2.25. The zero-order valence-corrected chi connectivity index (χ0v) is 19.0. The maximum atomic E-state index is 12.9. The average Bonchev–Trinajstić information content (AvgIpc) is 3.16. The van der Waals surface area contributed by atoms with Gasteiger partial charge in [0.2, 0.25) is 0 Å². The zero-order valence-electron chi connectivity index (χ0n) is 19.0. The number of carbonyl (C=O) groups is 1. The fraction of sp³-hybridized carbons (Fsp3) is 0.333. The lowest BCUT2D eigenvalue weighted by molar-refractivity contribution is -0.384. The lowest BCUT2D eigenvalue weighted by Gasteiger charge is -2.36. The summed E-state index contributed by atoms with van der Waals surface area (Å²) in [5.74, 6) is 0.736. The van der Waals surface area contributed by atoms with E-state index in [0.717, 1.165) is 22.8 Å². The molecule has 9 nitrogen and oxygen atoms in total. The highest BCUT2D eigenvalue weighted by Crippen LogP contribution is 2.30. The number of rotatable bonds is 6. The molecule has 1 amide bonds. The summed E-state index contributed by atoms with van der Waals surface area (Å²) in [6.45, 7) is 8.65. The molecule has 0 aliphatic carbocycles. The quantitative estimate of drug-likeness (QED) is 0.420. The van der Waals surface area contributed by atoms with Crippen LogP contribution in [0.1, 0.15) is 28.7 Å².